The Morgan fingerprint density at radius 3 is 1.78 bits per heavy atom. The van der Waals surface area contributed by atoms with Crippen molar-refractivity contribution >= 4 is 58.9 Å². The van der Waals surface area contributed by atoms with E-state index in [1.54, 1.807) is 36.0 Å². The highest BCUT2D eigenvalue weighted by Gasteiger charge is 2.30. The van der Waals surface area contributed by atoms with E-state index in [1.807, 2.05) is 42.5 Å². The summed E-state index contributed by atoms with van der Waals surface area (Å²) in [4.78, 5) is 26.7. The molecular weight excluding hydrogens is 609 g/mol. The van der Waals surface area contributed by atoms with Crippen LogP contribution in [0.5, 0.6) is 5.75 Å². The Hall–Kier alpha value is -4.46. The van der Waals surface area contributed by atoms with Crippen molar-refractivity contribution in [3.05, 3.63) is 136 Å². The minimum atomic E-state index is -0.270. The maximum absolute atomic E-state index is 12.4. The molecule has 0 heterocycles. The fraction of sp³-hybridized carbons (Fsp3) is 0.179. The van der Waals surface area contributed by atoms with Gasteiger partial charge in [-0.1, -0.05) is 93.6 Å². The molecular formula is C39H34N2O3S2. The molecule has 7 heteroatoms. The number of hydrogen-bond donors (Lipinski definition) is 2. The van der Waals surface area contributed by atoms with Crippen LogP contribution in [0.2, 0.25) is 0 Å². The summed E-state index contributed by atoms with van der Waals surface area (Å²) in [5.41, 5.74) is 6.30. The predicted octanol–water partition coefficient (Wildman–Crippen LogP) is 9.88. The Bertz CT molecular complexity index is 1790. The second-order valence-electron chi connectivity index (χ2n) is 12.2. The molecule has 5 nitrogen and oxygen atoms in total. The van der Waals surface area contributed by atoms with Gasteiger partial charge in [-0.2, -0.15) is 0 Å². The topological polar surface area (TPSA) is 91.1 Å². The van der Waals surface area contributed by atoms with Crippen molar-refractivity contribution in [2.24, 2.45) is 5.92 Å². The third-order valence-electron chi connectivity index (χ3n) is 8.47. The molecule has 6 rings (SSSR count). The standard InChI is InChI=1S/C39H34N2O3S2/c1-24(2)22-39(3,26-12-10-25(11-13-26)23-45-35-8-4-6-31-29(35)18-20-33(40)37(31)42)27-14-16-28(17-15-27)44-46-36-9-5-7-32-30(36)19-21-34(41)38(32)43/h4-21,24,40-41H,22-23H2,1-3H3. The number of hydrogen-bond acceptors (Lipinski definition) is 7. The van der Waals surface area contributed by atoms with E-state index in [0.29, 0.717) is 17.0 Å². The fourth-order valence-electron chi connectivity index (χ4n) is 6.12. The quantitative estimate of drug-likeness (QED) is 0.133. The van der Waals surface area contributed by atoms with Gasteiger partial charge < -0.3 is 4.18 Å². The van der Waals surface area contributed by atoms with Gasteiger partial charge >= 0.3 is 0 Å². The number of Topliss-reactive ketones (excluding diaryl/α,β-unsaturated/α-hetero) is 2. The van der Waals surface area contributed by atoms with E-state index in [9.17, 15) is 9.59 Å². The summed E-state index contributed by atoms with van der Waals surface area (Å²) in [7, 11) is 0. The van der Waals surface area contributed by atoms with Crippen LogP contribution in [0.4, 0.5) is 0 Å². The average molecular weight is 643 g/mol. The monoisotopic (exact) mass is 642 g/mol. The molecule has 0 aromatic heterocycles. The van der Waals surface area contributed by atoms with Crippen LogP contribution in [0.1, 0.15) is 75.7 Å². The Kier molecular flexibility index (Phi) is 8.98. The number of carbonyl (C=O) groups excluding carboxylic acids is 2. The maximum Gasteiger partial charge on any atom is 0.211 e. The van der Waals surface area contributed by atoms with Crippen molar-refractivity contribution in [2.75, 3.05) is 0 Å². The number of fused-ring (bicyclic) bond motifs is 2. The maximum atomic E-state index is 12.4. The molecule has 0 spiro atoms. The zero-order valence-corrected chi connectivity index (χ0v) is 27.6. The molecule has 0 saturated heterocycles. The summed E-state index contributed by atoms with van der Waals surface area (Å²) in [6.45, 7) is 6.80. The van der Waals surface area contributed by atoms with E-state index in [0.717, 1.165) is 38.8 Å². The summed E-state index contributed by atoms with van der Waals surface area (Å²) in [6.07, 6.45) is 7.78. The van der Waals surface area contributed by atoms with Crippen LogP contribution < -0.4 is 4.18 Å². The summed E-state index contributed by atoms with van der Waals surface area (Å²) in [5.74, 6) is 1.49. The van der Waals surface area contributed by atoms with Crippen LogP contribution in [-0.4, -0.2) is 23.0 Å². The van der Waals surface area contributed by atoms with E-state index < -0.39 is 0 Å². The summed E-state index contributed by atoms with van der Waals surface area (Å²) in [5, 5.41) is 15.7. The van der Waals surface area contributed by atoms with Crippen LogP contribution in [-0.2, 0) is 11.2 Å². The van der Waals surface area contributed by atoms with E-state index in [1.165, 1.54) is 34.8 Å². The number of carbonyl (C=O) groups is 2. The van der Waals surface area contributed by atoms with E-state index in [4.69, 9.17) is 15.0 Å². The normalized spacial score (nSPS) is 15.1. The number of allylic oxidation sites excluding steroid dienone is 2. The zero-order chi connectivity index (χ0) is 32.4. The second kappa shape index (κ2) is 13.1. The lowest BCUT2D eigenvalue weighted by molar-refractivity contribution is 0.105. The molecule has 0 saturated carbocycles. The zero-order valence-electron chi connectivity index (χ0n) is 25.9. The van der Waals surface area contributed by atoms with Crippen molar-refractivity contribution in [2.45, 2.75) is 48.2 Å². The van der Waals surface area contributed by atoms with Crippen LogP contribution in [0, 0.1) is 16.7 Å². The van der Waals surface area contributed by atoms with E-state index in [-0.39, 0.29) is 28.4 Å². The van der Waals surface area contributed by atoms with Crippen LogP contribution >= 0.6 is 23.8 Å². The molecule has 46 heavy (non-hydrogen) atoms. The summed E-state index contributed by atoms with van der Waals surface area (Å²) >= 11 is 2.92. The van der Waals surface area contributed by atoms with Gasteiger partial charge in [0.05, 0.1) is 16.9 Å². The molecule has 2 N–H and O–H groups in total. The minimum absolute atomic E-state index is 0.00525. The molecule has 0 bridgehead atoms. The minimum Gasteiger partial charge on any atom is -0.421 e. The SMILES string of the molecule is CC(C)CC(C)(c1ccc(CSc2cccc3c2C=CC(=N)C3=O)cc1)c1ccc(OSc2cccc3c2C=CC(=N)C3=O)cc1. The lowest BCUT2D eigenvalue weighted by Gasteiger charge is -2.33. The Morgan fingerprint density at radius 1 is 0.696 bits per heavy atom. The van der Waals surface area contributed by atoms with Gasteiger partial charge in [0.15, 0.2) is 0 Å². The van der Waals surface area contributed by atoms with Crippen molar-refractivity contribution in [1.29, 1.82) is 10.8 Å². The van der Waals surface area contributed by atoms with Gasteiger partial charge in [-0.15, -0.1) is 11.8 Å². The van der Waals surface area contributed by atoms with Gasteiger partial charge in [-0.3, -0.25) is 20.4 Å². The number of nitrogens with one attached hydrogen (secondary N) is 2. The largest absolute Gasteiger partial charge is 0.421 e. The number of rotatable bonds is 10. The summed E-state index contributed by atoms with van der Waals surface area (Å²) in [6, 6.07) is 28.4. The first-order chi connectivity index (χ1) is 22.1. The highest BCUT2D eigenvalue weighted by atomic mass is 32.2. The third kappa shape index (κ3) is 6.30. The van der Waals surface area contributed by atoms with Gasteiger partial charge in [0.1, 0.15) is 17.2 Å². The highest BCUT2D eigenvalue weighted by Crippen LogP contribution is 2.40. The lowest BCUT2D eigenvalue weighted by Crippen LogP contribution is -2.25. The van der Waals surface area contributed by atoms with Crippen molar-refractivity contribution in [3.8, 4) is 5.75 Å². The van der Waals surface area contributed by atoms with Gasteiger partial charge in [0, 0.05) is 32.8 Å². The van der Waals surface area contributed by atoms with Gasteiger partial charge in [0.25, 0.3) is 0 Å². The average Bonchev–Trinajstić information content (AvgIpc) is 3.06. The molecule has 0 amide bonds. The Balaban J connectivity index is 1.16. The molecule has 2 aliphatic rings. The smallest absolute Gasteiger partial charge is 0.211 e. The first-order valence-electron chi connectivity index (χ1n) is 15.2. The first kappa shape index (κ1) is 31.5. The summed E-state index contributed by atoms with van der Waals surface area (Å²) < 4.78 is 6.08. The number of thioether (sulfide) groups is 1. The molecule has 230 valence electrons. The molecule has 4 aromatic rings. The molecule has 0 radical (unpaired) electrons. The van der Waals surface area contributed by atoms with Crippen LogP contribution in [0.15, 0.2) is 107 Å². The predicted molar refractivity (Wildman–Crippen MR) is 190 cm³/mol. The van der Waals surface area contributed by atoms with Crippen LogP contribution in [0.3, 0.4) is 0 Å². The molecule has 0 fully saturated rings. The van der Waals surface area contributed by atoms with Gasteiger partial charge in [-0.05, 0) is 71.0 Å². The second-order valence-corrected chi connectivity index (χ2v) is 14.0. The number of benzene rings is 4. The highest BCUT2D eigenvalue weighted by molar-refractivity contribution is 7.98. The van der Waals surface area contributed by atoms with E-state index in [2.05, 4.69) is 57.2 Å². The van der Waals surface area contributed by atoms with Crippen molar-refractivity contribution in [3.63, 3.8) is 0 Å². The molecule has 1 atom stereocenters. The van der Waals surface area contributed by atoms with Crippen molar-refractivity contribution < 1.29 is 13.8 Å². The molecule has 0 aliphatic heterocycles. The Morgan fingerprint density at radius 2 is 1.22 bits per heavy atom. The molecule has 2 aliphatic carbocycles. The third-order valence-corrected chi connectivity index (χ3v) is 10.4. The van der Waals surface area contributed by atoms with E-state index >= 15 is 0 Å². The fourth-order valence-corrected chi connectivity index (χ4v) is 7.84. The van der Waals surface area contributed by atoms with Crippen molar-refractivity contribution in [1.82, 2.24) is 0 Å². The molecule has 4 aromatic carbocycles. The molecule has 1 unspecified atom stereocenters. The number of ketones is 2. The first-order valence-corrected chi connectivity index (χ1v) is 16.9. The Labute approximate surface area is 278 Å². The van der Waals surface area contributed by atoms with Gasteiger partial charge in [-0.25, -0.2) is 0 Å². The van der Waals surface area contributed by atoms with Gasteiger partial charge in [0.2, 0.25) is 11.6 Å². The van der Waals surface area contributed by atoms with Crippen LogP contribution in [0.25, 0.3) is 12.2 Å². The lowest BCUT2D eigenvalue weighted by atomic mass is 9.71.